The number of benzene rings is 1. The average Bonchev–Trinajstić information content (AvgIpc) is 2.38. The van der Waals surface area contributed by atoms with Crippen molar-refractivity contribution in [3.05, 3.63) is 29.3 Å². The van der Waals surface area contributed by atoms with Crippen LogP contribution >= 0.6 is 0 Å². The summed E-state index contributed by atoms with van der Waals surface area (Å²) in [6, 6.07) is 3.98. The Labute approximate surface area is 116 Å². The van der Waals surface area contributed by atoms with Crippen LogP contribution in [0.4, 0.5) is 5.69 Å². The first-order valence-corrected chi connectivity index (χ1v) is 6.02. The maximum atomic E-state index is 12.0. The Balaban J connectivity index is 3.15. The van der Waals surface area contributed by atoms with Gasteiger partial charge in [0.05, 0.1) is 5.54 Å². The minimum atomic E-state index is -1.06. The molecule has 0 spiro atoms. The van der Waals surface area contributed by atoms with Gasteiger partial charge in [-0.25, -0.2) is 0 Å². The van der Waals surface area contributed by atoms with E-state index in [0.717, 1.165) is 0 Å². The highest BCUT2D eigenvalue weighted by Crippen LogP contribution is 2.17. The van der Waals surface area contributed by atoms with Crippen LogP contribution < -0.4 is 22.5 Å². The molecule has 0 heterocycles. The second-order valence-corrected chi connectivity index (χ2v) is 4.75. The number of anilines is 1. The lowest BCUT2D eigenvalue weighted by molar-refractivity contribution is -0.120. The van der Waals surface area contributed by atoms with Crippen LogP contribution in [0.1, 0.15) is 41.0 Å². The van der Waals surface area contributed by atoms with E-state index in [4.69, 9.17) is 17.2 Å². The van der Waals surface area contributed by atoms with Gasteiger partial charge in [0.2, 0.25) is 17.7 Å². The molecule has 7 N–H and O–H groups in total. The van der Waals surface area contributed by atoms with E-state index in [2.05, 4.69) is 5.32 Å². The number of primary amides is 2. The monoisotopic (exact) mass is 278 g/mol. The number of carbonyl (C=O) groups is 3. The largest absolute Gasteiger partial charge is 0.366 e. The Morgan fingerprint density at radius 1 is 1.10 bits per heavy atom. The van der Waals surface area contributed by atoms with Crippen molar-refractivity contribution in [3.63, 3.8) is 0 Å². The van der Waals surface area contributed by atoms with Crippen LogP contribution in [0.5, 0.6) is 0 Å². The standard InChI is InChI=1S/C13H18N4O3/c1-3-13(2,16)12(20)17-9-5-7(10(14)18)4-8(6-9)11(15)19/h4-6H,3,16H2,1-2H3,(H2,14,18)(H2,15,19)(H,17,20). The topological polar surface area (TPSA) is 141 Å². The Morgan fingerprint density at radius 2 is 1.55 bits per heavy atom. The molecule has 0 radical (unpaired) electrons. The molecule has 0 aromatic heterocycles. The smallest absolute Gasteiger partial charge is 0.248 e. The first-order valence-electron chi connectivity index (χ1n) is 6.02. The molecule has 7 nitrogen and oxygen atoms in total. The third-order valence-corrected chi connectivity index (χ3v) is 3.01. The first-order chi connectivity index (χ1) is 9.17. The highest BCUT2D eigenvalue weighted by molar-refractivity contribution is 6.03. The molecule has 1 atom stereocenters. The summed E-state index contributed by atoms with van der Waals surface area (Å²) in [4.78, 5) is 34.4. The molecule has 1 aromatic rings. The first kappa shape index (κ1) is 15.6. The lowest BCUT2D eigenvalue weighted by atomic mass is 9.99. The van der Waals surface area contributed by atoms with Gasteiger partial charge in [-0.15, -0.1) is 0 Å². The van der Waals surface area contributed by atoms with Gasteiger partial charge < -0.3 is 22.5 Å². The Morgan fingerprint density at radius 3 is 1.90 bits per heavy atom. The Bertz CT molecular complexity index is 534. The van der Waals surface area contributed by atoms with Crippen LogP contribution in [-0.2, 0) is 4.79 Å². The van der Waals surface area contributed by atoms with E-state index in [0.29, 0.717) is 6.42 Å². The Kier molecular flexibility index (Phi) is 4.46. The molecule has 7 heteroatoms. The predicted molar refractivity (Wildman–Crippen MR) is 75.0 cm³/mol. The fraction of sp³-hybridized carbons (Fsp3) is 0.308. The predicted octanol–water partition coefficient (Wildman–Crippen LogP) is -0.0497. The van der Waals surface area contributed by atoms with Crippen molar-refractivity contribution in [2.45, 2.75) is 25.8 Å². The zero-order valence-electron chi connectivity index (χ0n) is 11.4. The third kappa shape index (κ3) is 3.55. The molecule has 0 saturated carbocycles. The van der Waals surface area contributed by atoms with Crippen molar-refractivity contribution in [2.75, 3.05) is 5.32 Å². The molecule has 0 aliphatic heterocycles. The van der Waals surface area contributed by atoms with Crippen LogP contribution in [0.2, 0.25) is 0 Å². The normalized spacial score (nSPS) is 13.3. The fourth-order valence-electron chi connectivity index (χ4n) is 1.42. The van der Waals surface area contributed by atoms with Gasteiger partial charge in [-0.05, 0) is 31.5 Å². The molecular formula is C13H18N4O3. The maximum absolute atomic E-state index is 12.0. The summed E-state index contributed by atoms with van der Waals surface area (Å²) < 4.78 is 0. The van der Waals surface area contributed by atoms with Gasteiger partial charge in [-0.2, -0.15) is 0 Å². The molecule has 1 aromatic carbocycles. The summed E-state index contributed by atoms with van der Waals surface area (Å²) in [6.07, 6.45) is 0.428. The summed E-state index contributed by atoms with van der Waals surface area (Å²) >= 11 is 0. The zero-order valence-corrected chi connectivity index (χ0v) is 11.4. The van der Waals surface area contributed by atoms with Crippen LogP contribution in [0, 0.1) is 0 Å². The summed E-state index contributed by atoms with van der Waals surface area (Å²) in [7, 11) is 0. The van der Waals surface area contributed by atoms with Gasteiger partial charge in [-0.3, -0.25) is 14.4 Å². The highest BCUT2D eigenvalue weighted by atomic mass is 16.2. The second kappa shape index (κ2) is 5.70. The molecule has 20 heavy (non-hydrogen) atoms. The van der Waals surface area contributed by atoms with Crippen LogP contribution in [0.3, 0.4) is 0 Å². The number of rotatable bonds is 5. The summed E-state index contributed by atoms with van der Waals surface area (Å²) in [5.74, 6) is -1.89. The summed E-state index contributed by atoms with van der Waals surface area (Å²) in [6.45, 7) is 3.35. The number of carbonyl (C=O) groups excluding carboxylic acids is 3. The molecule has 0 aliphatic rings. The van der Waals surface area contributed by atoms with E-state index < -0.39 is 23.3 Å². The molecule has 0 saturated heterocycles. The van der Waals surface area contributed by atoms with Gasteiger partial charge >= 0.3 is 0 Å². The maximum Gasteiger partial charge on any atom is 0.248 e. The van der Waals surface area contributed by atoms with E-state index in [1.807, 2.05) is 0 Å². The quantitative estimate of drug-likeness (QED) is 0.599. The van der Waals surface area contributed by atoms with Crippen molar-refractivity contribution >= 4 is 23.4 Å². The van der Waals surface area contributed by atoms with E-state index in [1.165, 1.54) is 18.2 Å². The molecule has 0 bridgehead atoms. The summed E-state index contributed by atoms with van der Waals surface area (Å²) in [5, 5.41) is 2.54. The number of hydrogen-bond donors (Lipinski definition) is 4. The van der Waals surface area contributed by atoms with Gasteiger partial charge in [0.1, 0.15) is 0 Å². The van der Waals surface area contributed by atoms with E-state index in [-0.39, 0.29) is 16.8 Å². The van der Waals surface area contributed by atoms with Gasteiger partial charge in [-0.1, -0.05) is 6.92 Å². The second-order valence-electron chi connectivity index (χ2n) is 4.75. The minimum Gasteiger partial charge on any atom is -0.366 e. The Hall–Kier alpha value is -2.41. The van der Waals surface area contributed by atoms with Crippen molar-refractivity contribution < 1.29 is 14.4 Å². The van der Waals surface area contributed by atoms with E-state index in [9.17, 15) is 14.4 Å². The molecule has 0 aliphatic carbocycles. The third-order valence-electron chi connectivity index (χ3n) is 3.01. The lowest BCUT2D eigenvalue weighted by Crippen LogP contribution is -2.47. The van der Waals surface area contributed by atoms with Crippen LogP contribution in [0.15, 0.2) is 18.2 Å². The molecule has 1 unspecified atom stereocenters. The molecular weight excluding hydrogens is 260 g/mol. The number of amides is 3. The molecule has 0 fully saturated rings. The lowest BCUT2D eigenvalue weighted by Gasteiger charge is -2.21. The highest BCUT2D eigenvalue weighted by Gasteiger charge is 2.26. The molecule has 1 rings (SSSR count). The molecule has 108 valence electrons. The van der Waals surface area contributed by atoms with E-state index >= 15 is 0 Å². The zero-order chi connectivity index (χ0) is 15.5. The van der Waals surface area contributed by atoms with Gasteiger partial charge in [0, 0.05) is 16.8 Å². The molecule has 3 amide bonds. The van der Waals surface area contributed by atoms with Gasteiger partial charge in [0.25, 0.3) is 0 Å². The number of nitrogens with one attached hydrogen (secondary N) is 1. The number of nitrogens with two attached hydrogens (primary N) is 3. The van der Waals surface area contributed by atoms with Crippen LogP contribution in [-0.4, -0.2) is 23.3 Å². The van der Waals surface area contributed by atoms with Crippen molar-refractivity contribution in [3.8, 4) is 0 Å². The van der Waals surface area contributed by atoms with Crippen LogP contribution in [0.25, 0.3) is 0 Å². The SMILES string of the molecule is CCC(C)(N)C(=O)Nc1cc(C(N)=O)cc(C(N)=O)c1. The van der Waals surface area contributed by atoms with E-state index in [1.54, 1.807) is 13.8 Å². The van der Waals surface area contributed by atoms with Crippen molar-refractivity contribution in [1.82, 2.24) is 0 Å². The minimum absolute atomic E-state index is 0.0758. The van der Waals surface area contributed by atoms with Crippen molar-refractivity contribution in [1.29, 1.82) is 0 Å². The van der Waals surface area contributed by atoms with Gasteiger partial charge in [0.15, 0.2) is 0 Å². The average molecular weight is 278 g/mol. The number of hydrogen-bond acceptors (Lipinski definition) is 4. The van der Waals surface area contributed by atoms with Crippen molar-refractivity contribution in [2.24, 2.45) is 17.2 Å². The fourth-order valence-corrected chi connectivity index (χ4v) is 1.42. The summed E-state index contributed by atoms with van der Waals surface area (Å²) in [5.41, 5.74) is 15.5.